The molecule has 0 fully saturated rings. The van der Waals surface area contributed by atoms with Gasteiger partial charge in [0.15, 0.2) is 0 Å². The van der Waals surface area contributed by atoms with Crippen LogP contribution in [0.3, 0.4) is 0 Å². The number of aromatic nitrogens is 2. The molecular weight excluding hydrogens is 176 g/mol. The molecule has 2 rings (SSSR count). The SMILES string of the molecule is Cc1[c]cc(-c2ccn[nH]c2=O)cc1. The number of nitrogens with zero attached hydrogens (tertiary/aromatic N) is 1. The van der Waals surface area contributed by atoms with Crippen molar-refractivity contribution in [2.45, 2.75) is 6.92 Å². The molecule has 3 nitrogen and oxygen atoms in total. The lowest BCUT2D eigenvalue weighted by atomic mass is 10.1. The fraction of sp³-hybridized carbons (Fsp3) is 0.0909. The number of hydrogen-bond donors (Lipinski definition) is 1. The fourth-order valence-electron chi connectivity index (χ4n) is 1.24. The molecule has 1 radical (unpaired) electrons. The van der Waals surface area contributed by atoms with Crippen LogP contribution in [0.15, 0.2) is 35.3 Å². The van der Waals surface area contributed by atoms with Crippen molar-refractivity contribution >= 4 is 0 Å². The van der Waals surface area contributed by atoms with Gasteiger partial charge in [0.2, 0.25) is 0 Å². The van der Waals surface area contributed by atoms with Crippen LogP contribution in [0.4, 0.5) is 0 Å². The average molecular weight is 185 g/mol. The molecule has 1 aromatic heterocycles. The van der Waals surface area contributed by atoms with Crippen LogP contribution in [0, 0.1) is 13.0 Å². The summed E-state index contributed by atoms with van der Waals surface area (Å²) in [5, 5.41) is 6.03. The third kappa shape index (κ3) is 1.57. The highest BCUT2D eigenvalue weighted by Crippen LogP contribution is 2.13. The second-order valence-corrected chi connectivity index (χ2v) is 3.06. The minimum atomic E-state index is -0.176. The van der Waals surface area contributed by atoms with Crippen LogP contribution in [-0.4, -0.2) is 10.2 Å². The molecule has 2 aromatic rings. The van der Waals surface area contributed by atoms with Crippen molar-refractivity contribution in [2.24, 2.45) is 0 Å². The predicted octanol–water partition coefficient (Wildman–Crippen LogP) is 1.55. The van der Waals surface area contributed by atoms with Crippen molar-refractivity contribution < 1.29 is 0 Å². The largest absolute Gasteiger partial charge is 0.272 e. The van der Waals surface area contributed by atoms with Gasteiger partial charge in [0, 0.05) is 11.8 Å². The van der Waals surface area contributed by atoms with Gasteiger partial charge in [-0.2, -0.15) is 5.10 Å². The van der Waals surface area contributed by atoms with Gasteiger partial charge in [0.05, 0.1) is 0 Å². The van der Waals surface area contributed by atoms with E-state index >= 15 is 0 Å². The van der Waals surface area contributed by atoms with E-state index in [2.05, 4.69) is 16.3 Å². The van der Waals surface area contributed by atoms with Crippen molar-refractivity contribution in [2.75, 3.05) is 0 Å². The number of hydrogen-bond acceptors (Lipinski definition) is 2. The first kappa shape index (κ1) is 8.69. The molecule has 0 saturated carbocycles. The normalized spacial score (nSPS) is 10.1. The summed E-state index contributed by atoms with van der Waals surface area (Å²) in [6.45, 7) is 1.96. The van der Waals surface area contributed by atoms with Crippen molar-refractivity contribution in [1.82, 2.24) is 10.2 Å². The third-order valence-electron chi connectivity index (χ3n) is 2.01. The van der Waals surface area contributed by atoms with Gasteiger partial charge < -0.3 is 0 Å². The zero-order valence-corrected chi connectivity index (χ0v) is 7.74. The number of nitrogens with one attached hydrogen (secondary N) is 1. The third-order valence-corrected chi connectivity index (χ3v) is 2.01. The smallest absolute Gasteiger partial charge is 0.267 e. The van der Waals surface area contributed by atoms with Crippen LogP contribution in [0.1, 0.15) is 5.56 Å². The number of aryl methyl sites for hydroxylation is 1. The Morgan fingerprint density at radius 1 is 1.36 bits per heavy atom. The van der Waals surface area contributed by atoms with Gasteiger partial charge >= 0.3 is 0 Å². The lowest BCUT2D eigenvalue weighted by Gasteiger charge is -1.99. The Bertz CT molecular complexity index is 485. The summed E-state index contributed by atoms with van der Waals surface area (Å²) < 4.78 is 0. The molecule has 1 N–H and O–H groups in total. The Morgan fingerprint density at radius 2 is 2.21 bits per heavy atom. The average Bonchev–Trinajstić information content (AvgIpc) is 2.20. The number of benzene rings is 1. The van der Waals surface area contributed by atoms with E-state index in [1.54, 1.807) is 18.3 Å². The van der Waals surface area contributed by atoms with E-state index in [-0.39, 0.29) is 5.56 Å². The van der Waals surface area contributed by atoms with Gasteiger partial charge in [-0.05, 0) is 36.2 Å². The Balaban J connectivity index is 2.56. The van der Waals surface area contributed by atoms with E-state index in [1.165, 1.54) is 0 Å². The van der Waals surface area contributed by atoms with Crippen molar-refractivity contribution in [3.8, 4) is 11.1 Å². The van der Waals surface area contributed by atoms with Crippen LogP contribution < -0.4 is 5.56 Å². The molecule has 0 aliphatic carbocycles. The molecule has 1 heterocycles. The molecule has 0 spiro atoms. The zero-order chi connectivity index (χ0) is 9.97. The lowest BCUT2D eigenvalue weighted by molar-refractivity contribution is 0.991. The molecule has 0 bridgehead atoms. The van der Waals surface area contributed by atoms with Crippen molar-refractivity contribution in [1.29, 1.82) is 0 Å². The molecule has 14 heavy (non-hydrogen) atoms. The van der Waals surface area contributed by atoms with Gasteiger partial charge in [-0.1, -0.05) is 12.1 Å². The standard InChI is InChI=1S/C11H9N2O/c1-8-2-4-9(5-3-8)10-6-7-12-13-11(10)14/h2,4-7H,1H3,(H,13,14). The quantitative estimate of drug-likeness (QED) is 0.732. The second kappa shape index (κ2) is 3.46. The molecule has 69 valence electrons. The number of H-pyrrole nitrogens is 1. The summed E-state index contributed by atoms with van der Waals surface area (Å²) in [6, 6.07) is 10.4. The lowest BCUT2D eigenvalue weighted by Crippen LogP contribution is -2.09. The van der Waals surface area contributed by atoms with Gasteiger partial charge in [0.1, 0.15) is 0 Å². The molecular formula is C11H9N2O. The molecule has 3 heteroatoms. The topological polar surface area (TPSA) is 45.8 Å². The molecule has 1 aromatic carbocycles. The minimum absolute atomic E-state index is 0.176. The van der Waals surface area contributed by atoms with Gasteiger partial charge in [-0.3, -0.25) is 4.79 Å². The molecule has 0 unspecified atom stereocenters. The Labute approximate surface area is 81.4 Å². The molecule has 0 aliphatic heterocycles. The molecule has 0 amide bonds. The first-order valence-corrected chi connectivity index (χ1v) is 4.30. The van der Waals surface area contributed by atoms with Gasteiger partial charge in [-0.25, -0.2) is 5.10 Å². The highest BCUT2D eigenvalue weighted by Gasteiger charge is 2.01. The van der Waals surface area contributed by atoms with E-state index < -0.39 is 0 Å². The Morgan fingerprint density at radius 3 is 2.86 bits per heavy atom. The first-order valence-electron chi connectivity index (χ1n) is 4.30. The van der Waals surface area contributed by atoms with Gasteiger partial charge in [-0.15, -0.1) is 0 Å². The summed E-state index contributed by atoms with van der Waals surface area (Å²) in [5.41, 5.74) is 2.36. The van der Waals surface area contributed by atoms with Crippen LogP contribution in [0.25, 0.3) is 11.1 Å². The summed E-state index contributed by atoms with van der Waals surface area (Å²) in [6.07, 6.45) is 1.57. The Hall–Kier alpha value is -1.90. The Kier molecular flexibility index (Phi) is 2.14. The van der Waals surface area contributed by atoms with E-state index in [4.69, 9.17) is 0 Å². The maximum absolute atomic E-state index is 11.4. The zero-order valence-electron chi connectivity index (χ0n) is 7.74. The van der Waals surface area contributed by atoms with Crippen LogP contribution in [-0.2, 0) is 0 Å². The summed E-state index contributed by atoms with van der Waals surface area (Å²) >= 11 is 0. The minimum Gasteiger partial charge on any atom is -0.267 e. The predicted molar refractivity (Wildman–Crippen MR) is 53.9 cm³/mol. The van der Waals surface area contributed by atoms with Crippen molar-refractivity contribution in [3.05, 3.63) is 52.4 Å². The highest BCUT2D eigenvalue weighted by molar-refractivity contribution is 5.61. The van der Waals surface area contributed by atoms with E-state index in [0.717, 1.165) is 11.1 Å². The second-order valence-electron chi connectivity index (χ2n) is 3.06. The van der Waals surface area contributed by atoms with E-state index in [9.17, 15) is 4.79 Å². The number of rotatable bonds is 1. The first-order chi connectivity index (χ1) is 6.77. The highest BCUT2D eigenvalue weighted by atomic mass is 16.1. The summed E-state index contributed by atoms with van der Waals surface area (Å²) in [5.74, 6) is 0. The summed E-state index contributed by atoms with van der Waals surface area (Å²) in [7, 11) is 0. The fourth-order valence-corrected chi connectivity index (χ4v) is 1.24. The molecule has 0 aliphatic rings. The molecule has 0 atom stereocenters. The van der Waals surface area contributed by atoms with E-state index in [0.29, 0.717) is 5.56 Å². The van der Waals surface area contributed by atoms with Crippen LogP contribution in [0.5, 0.6) is 0 Å². The summed E-state index contributed by atoms with van der Waals surface area (Å²) in [4.78, 5) is 11.4. The van der Waals surface area contributed by atoms with Gasteiger partial charge in [0.25, 0.3) is 5.56 Å². The number of aromatic amines is 1. The van der Waals surface area contributed by atoms with Crippen LogP contribution in [0.2, 0.25) is 0 Å². The van der Waals surface area contributed by atoms with Crippen molar-refractivity contribution in [3.63, 3.8) is 0 Å². The van der Waals surface area contributed by atoms with Crippen LogP contribution >= 0.6 is 0 Å². The maximum Gasteiger partial charge on any atom is 0.272 e. The maximum atomic E-state index is 11.4. The van der Waals surface area contributed by atoms with E-state index in [1.807, 2.05) is 19.1 Å². The monoisotopic (exact) mass is 185 g/mol. The molecule has 0 saturated heterocycles.